The van der Waals surface area contributed by atoms with Gasteiger partial charge in [0, 0.05) is 30.7 Å². The van der Waals surface area contributed by atoms with Crippen molar-refractivity contribution in [1.82, 2.24) is 10.3 Å². The SMILES string of the molecule is COc1cccc(NCC(=O)NCc2ccncc2)c1. The highest BCUT2D eigenvalue weighted by molar-refractivity contribution is 5.80. The molecule has 0 atom stereocenters. The summed E-state index contributed by atoms with van der Waals surface area (Å²) in [5, 5.41) is 5.89. The van der Waals surface area contributed by atoms with E-state index in [4.69, 9.17) is 4.74 Å². The highest BCUT2D eigenvalue weighted by Gasteiger charge is 2.02. The highest BCUT2D eigenvalue weighted by atomic mass is 16.5. The number of pyridine rings is 1. The Morgan fingerprint density at radius 1 is 1.25 bits per heavy atom. The number of aromatic nitrogens is 1. The predicted octanol–water partition coefficient (Wildman–Crippen LogP) is 1.82. The van der Waals surface area contributed by atoms with E-state index in [0.717, 1.165) is 17.0 Å². The van der Waals surface area contributed by atoms with Crippen LogP contribution in [0.25, 0.3) is 0 Å². The number of rotatable bonds is 6. The molecule has 20 heavy (non-hydrogen) atoms. The summed E-state index contributed by atoms with van der Waals surface area (Å²) >= 11 is 0. The molecule has 1 amide bonds. The zero-order valence-corrected chi connectivity index (χ0v) is 11.3. The Hall–Kier alpha value is -2.56. The minimum atomic E-state index is -0.0652. The largest absolute Gasteiger partial charge is 0.497 e. The van der Waals surface area contributed by atoms with Crippen molar-refractivity contribution < 1.29 is 9.53 Å². The van der Waals surface area contributed by atoms with Gasteiger partial charge < -0.3 is 15.4 Å². The molecule has 0 aliphatic rings. The van der Waals surface area contributed by atoms with Crippen molar-refractivity contribution >= 4 is 11.6 Å². The van der Waals surface area contributed by atoms with Crippen LogP contribution < -0.4 is 15.4 Å². The van der Waals surface area contributed by atoms with Gasteiger partial charge in [0.05, 0.1) is 13.7 Å². The minimum Gasteiger partial charge on any atom is -0.497 e. The fourth-order valence-corrected chi connectivity index (χ4v) is 1.68. The maximum absolute atomic E-state index is 11.7. The third-order valence-corrected chi connectivity index (χ3v) is 2.76. The van der Waals surface area contributed by atoms with Crippen molar-refractivity contribution in [2.75, 3.05) is 19.0 Å². The van der Waals surface area contributed by atoms with Crippen LogP contribution in [0.2, 0.25) is 0 Å². The van der Waals surface area contributed by atoms with Crippen LogP contribution in [-0.2, 0) is 11.3 Å². The average molecular weight is 271 g/mol. The van der Waals surface area contributed by atoms with E-state index >= 15 is 0 Å². The molecule has 0 saturated carbocycles. The molecule has 5 nitrogen and oxygen atoms in total. The summed E-state index contributed by atoms with van der Waals surface area (Å²) in [6.45, 7) is 0.722. The Kier molecular flexibility index (Phi) is 4.94. The van der Waals surface area contributed by atoms with E-state index in [1.807, 2.05) is 36.4 Å². The molecule has 0 unspecified atom stereocenters. The second kappa shape index (κ2) is 7.13. The molecule has 0 radical (unpaired) electrons. The van der Waals surface area contributed by atoms with Crippen LogP contribution in [0.1, 0.15) is 5.56 Å². The zero-order chi connectivity index (χ0) is 14.2. The van der Waals surface area contributed by atoms with Crippen molar-refractivity contribution in [1.29, 1.82) is 0 Å². The molecule has 0 aliphatic carbocycles. The van der Waals surface area contributed by atoms with Crippen LogP contribution in [-0.4, -0.2) is 24.5 Å². The molecule has 2 rings (SSSR count). The van der Waals surface area contributed by atoms with E-state index in [0.29, 0.717) is 6.54 Å². The quantitative estimate of drug-likeness (QED) is 0.841. The molecule has 0 fully saturated rings. The topological polar surface area (TPSA) is 63.2 Å². The number of carbonyl (C=O) groups excluding carboxylic acids is 1. The van der Waals surface area contributed by atoms with Crippen molar-refractivity contribution in [2.24, 2.45) is 0 Å². The summed E-state index contributed by atoms with van der Waals surface area (Å²) in [4.78, 5) is 15.7. The lowest BCUT2D eigenvalue weighted by molar-refractivity contribution is -0.119. The summed E-state index contributed by atoms with van der Waals surface area (Å²) in [6.07, 6.45) is 3.41. The molecular weight excluding hydrogens is 254 g/mol. The first-order valence-electron chi connectivity index (χ1n) is 6.31. The molecule has 0 saturated heterocycles. The van der Waals surface area contributed by atoms with Crippen LogP contribution >= 0.6 is 0 Å². The van der Waals surface area contributed by atoms with Crippen LogP contribution in [0.3, 0.4) is 0 Å². The van der Waals surface area contributed by atoms with Gasteiger partial charge in [-0.3, -0.25) is 9.78 Å². The second-order valence-electron chi connectivity index (χ2n) is 4.22. The Bertz CT molecular complexity index is 558. The van der Waals surface area contributed by atoms with Gasteiger partial charge in [0.15, 0.2) is 0 Å². The van der Waals surface area contributed by atoms with E-state index in [9.17, 15) is 4.79 Å². The predicted molar refractivity (Wildman–Crippen MR) is 77.6 cm³/mol. The standard InChI is InChI=1S/C15H17N3O2/c1-20-14-4-2-3-13(9-14)17-11-15(19)18-10-12-5-7-16-8-6-12/h2-9,17H,10-11H2,1H3,(H,18,19). The number of anilines is 1. The fourth-order valence-electron chi connectivity index (χ4n) is 1.68. The first-order chi connectivity index (χ1) is 9.78. The number of methoxy groups -OCH3 is 1. The number of benzene rings is 1. The Morgan fingerprint density at radius 3 is 2.80 bits per heavy atom. The summed E-state index contributed by atoms with van der Waals surface area (Å²) in [6, 6.07) is 11.2. The first kappa shape index (κ1) is 13.9. The number of ether oxygens (including phenoxy) is 1. The van der Waals surface area contributed by atoms with E-state index in [1.54, 1.807) is 19.5 Å². The maximum atomic E-state index is 11.7. The number of nitrogens with one attached hydrogen (secondary N) is 2. The normalized spacial score (nSPS) is 9.85. The van der Waals surface area contributed by atoms with Gasteiger partial charge in [0.2, 0.25) is 5.91 Å². The summed E-state index contributed by atoms with van der Waals surface area (Å²) in [5.74, 6) is 0.692. The Morgan fingerprint density at radius 2 is 2.05 bits per heavy atom. The summed E-state index contributed by atoms with van der Waals surface area (Å²) in [5.41, 5.74) is 1.87. The van der Waals surface area contributed by atoms with E-state index in [1.165, 1.54) is 0 Å². The number of hydrogen-bond donors (Lipinski definition) is 2. The fraction of sp³-hybridized carbons (Fsp3) is 0.200. The van der Waals surface area contributed by atoms with Gasteiger partial charge in [-0.25, -0.2) is 0 Å². The lowest BCUT2D eigenvalue weighted by atomic mass is 10.2. The van der Waals surface area contributed by atoms with Gasteiger partial charge in [-0.05, 0) is 29.8 Å². The summed E-state index contributed by atoms with van der Waals surface area (Å²) in [7, 11) is 1.61. The molecule has 2 N–H and O–H groups in total. The third-order valence-electron chi connectivity index (χ3n) is 2.76. The molecule has 0 bridgehead atoms. The number of nitrogens with zero attached hydrogens (tertiary/aromatic N) is 1. The Balaban J connectivity index is 1.77. The molecule has 0 spiro atoms. The van der Waals surface area contributed by atoms with Crippen molar-refractivity contribution in [3.63, 3.8) is 0 Å². The minimum absolute atomic E-state index is 0.0652. The smallest absolute Gasteiger partial charge is 0.239 e. The zero-order valence-electron chi connectivity index (χ0n) is 11.3. The van der Waals surface area contributed by atoms with Gasteiger partial charge in [-0.2, -0.15) is 0 Å². The lowest BCUT2D eigenvalue weighted by Gasteiger charge is -2.09. The first-order valence-corrected chi connectivity index (χ1v) is 6.31. The van der Waals surface area contributed by atoms with Gasteiger partial charge in [-0.1, -0.05) is 6.07 Å². The maximum Gasteiger partial charge on any atom is 0.239 e. The molecule has 1 aromatic heterocycles. The molecule has 1 aromatic carbocycles. The van der Waals surface area contributed by atoms with Crippen LogP contribution in [0.15, 0.2) is 48.8 Å². The highest BCUT2D eigenvalue weighted by Crippen LogP contribution is 2.16. The van der Waals surface area contributed by atoms with Gasteiger partial charge in [0.1, 0.15) is 5.75 Å². The second-order valence-corrected chi connectivity index (χ2v) is 4.22. The number of carbonyl (C=O) groups is 1. The number of amides is 1. The molecule has 1 heterocycles. The van der Waals surface area contributed by atoms with Crippen LogP contribution in [0.4, 0.5) is 5.69 Å². The van der Waals surface area contributed by atoms with E-state index < -0.39 is 0 Å². The van der Waals surface area contributed by atoms with Crippen LogP contribution in [0.5, 0.6) is 5.75 Å². The van der Waals surface area contributed by atoms with Crippen molar-refractivity contribution in [2.45, 2.75) is 6.54 Å². The van der Waals surface area contributed by atoms with Crippen molar-refractivity contribution in [3.05, 3.63) is 54.4 Å². The molecular formula is C15H17N3O2. The van der Waals surface area contributed by atoms with E-state index in [-0.39, 0.29) is 12.5 Å². The monoisotopic (exact) mass is 271 g/mol. The average Bonchev–Trinajstić information content (AvgIpc) is 2.52. The Labute approximate surface area is 118 Å². The number of hydrogen-bond acceptors (Lipinski definition) is 4. The van der Waals surface area contributed by atoms with Crippen molar-refractivity contribution in [3.8, 4) is 5.75 Å². The van der Waals surface area contributed by atoms with Gasteiger partial charge in [0.25, 0.3) is 0 Å². The van der Waals surface area contributed by atoms with Gasteiger partial charge >= 0.3 is 0 Å². The molecule has 0 aliphatic heterocycles. The van der Waals surface area contributed by atoms with Crippen LogP contribution in [0, 0.1) is 0 Å². The van der Waals surface area contributed by atoms with Gasteiger partial charge in [-0.15, -0.1) is 0 Å². The molecule has 2 aromatic rings. The third kappa shape index (κ3) is 4.28. The lowest BCUT2D eigenvalue weighted by Crippen LogP contribution is -2.29. The molecule has 5 heteroatoms. The van der Waals surface area contributed by atoms with E-state index in [2.05, 4.69) is 15.6 Å². The molecule has 104 valence electrons. The summed E-state index contributed by atoms with van der Waals surface area (Å²) < 4.78 is 5.12.